The smallest absolute Gasteiger partial charge is 0.328 e. The van der Waals surface area contributed by atoms with Crippen LogP contribution in [0.1, 0.15) is 40.9 Å². The molecule has 1 aromatic heterocycles. The summed E-state index contributed by atoms with van der Waals surface area (Å²) < 4.78 is 19.0. The summed E-state index contributed by atoms with van der Waals surface area (Å²) in [4.78, 5) is 24.4. The van der Waals surface area contributed by atoms with Crippen molar-refractivity contribution >= 4 is 23.4 Å². The Morgan fingerprint density at radius 1 is 1.10 bits per heavy atom. The van der Waals surface area contributed by atoms with Gasteiger partial charge < -0.3 is 20.7 Å². The number of esters is 1. The van der Waals surface area contributed by atoms with Crippen LogP contribution in [0.5, 0.6) is 5.75 Å². The number of fused-ring (bicyclic) bond motifs is 1. The molecule has 0 bridgehead atoms. The summed E-state index contributed by atoms with van der Waals surface area (Å²) in [7, 11) is 0. The van der Waals surface area contributed by atoms with Gasteiger partial charge in [0.2, 0.25) is 5.95 Å². The Balaban J connectivity index is 1.35. The number of carbonyl (C=O) groups is 1. The molecule has 5 rings (SSSR count). The molecule has 39 heavy (non-hydrogen) atoms. The molecule has 7 nitrogen and oxygen atoms in total. The monoisotopic (exact) mass is 525 g/mol. The number of aryl methyl sites for hydroxylation is 1. The highest BCUT2D eigenvalue weighted by Gasteiger charge is 2.28. The molecule has 1 aliphatic heterocycles. The van der Waals surface area contributed by atoms with Crippen molar-refractivity contribution in [2.24, 2.45) is 5.73 Å². The minimum Gasteiger partial charge on any atom is -0.425 e. The van der Waals surface area contributed by atoms with Crippen molar-refractivity contribution in [3.8, 4) is 5.75 Å². The second-order valence-electron chi connectivity index (χ2n) is 9.91. The van der Waals surface area contributed by atoms with Gasteiger partial charge in [-0.1, -0.05) is 36.4 Å². The maximum Gasteiger partial charge on any atom is 0.328 e. The van der Waals surface area contributed by atoms with Gasteiger partial charge in [0.1, 0.15) is 23.4 Å². The molecule has 0 spiro atoms. The molecule has 0 radical (unpaired) electrons. The molecule has 2 unspecified atom stereocenters. The van der Waals surface area contributed by atoms with E-state index in [-0.39, 0.29) is 11.9 Å². The Kier molecular flexibility index (Phi) is 7.56. The molecule has 3 aromatic carbocycles. The van der Waals surface area contributed by atoms with Crippen molar-refractivity contribution in [1.82, 2.24) is 9.97 Å². The lowest BCUT2D eigenvalue weighted by atomic mass is 9.93. The third-order valence-electron chi connectivity index (χ3n) is 7.21. The standard InChI is InChI=1S/C31H32FN5O2/c1-19-20(2)34-31(35-25-12-10-24(32)11-13-25)36-29(19)37-16-15-23-9-14-26(18-27(23)21(37)3)39-30(38)28(33)17-22-7-5-4-6-8-22/h4-14,18,21,28H,15-17,33H2,1-3H3,(H,34,35,36). The zero-order valence-corrected chi connectivity index (χ0v) is 22.3. The van der Waals surface area contributed by atoms with Crippen LogP contribution in [-0.2, 0) is 17.6 Å². The van der Waals surface area contributed by atoms with Crippen LogP contribution in [0, 0.1) is 19.7 Å². The highest BCUT2D eigenvalue weighted by Crippen LogP contribution is 2.37. The molecular weight excluding hydrogens is 493 g/mol. The Morgan fingerprint density at radius 3 is 2.59 bits per heavy atom. The van der Waals surface area contributed by atoms with E-state index in [1.54, 1.807) is 12.1 Å². The number of rotatable bonds is 7. The summed E-state index contributed by atoms with van der Waals surface area (Å²) >= 11 is 0. The van der Waals surface area contributed by atoms with Gasteiger partial charge in [-0.2, -0.15) is 4.98 Å². The van der Waals surface area contributed by atoms with Gasteiger partial charge in [-0.15, -0.1) is 0 Å². The van der Waals surface area contributed by atoms with Gasteiger partial charge >= 0.3 is 5.97 Å². The fourth-order valence-corrected chi connectivity index (χ4v) is 4.90. The Bertz CT molecular complexity index is 1480. The number of hydrogen-bond acceptors (Lipinski definition) is 7. The van der Waals surface area contributed by atoms with E-state index < -0.39 is 12.0 Å². The van der Waals surface area contributed by atoms with Crippen LogP contribution in [0.4, 0.5) is 21.8 Å². The number of carbonyl (C=O) groups excluding carboxylic acids is 1. The Morgan fingerprint density at radius 2 is 1.85 bits per heavy atom. The van der Waals surface area contributed by atoms with Crippen molar-refractivity contribution in [1.29, 1.82) is 0 Å². The first kappa shape index (κ1) is 26.3. The number of nitrogens with two attached hydrogens (primary N) is 1. The second-order valence-corrected chi connectivity index (χ2v) is 9.91. The number of anilines is 3. The fourth-order valence-electron chi connectivity index (χ4n) is 4.90. The Hall–Kier alpha value is -4.30. The summed E-state index contributed by atoms with van der Waals surface area (Å²) in [6, 6.07) is 20.8. The molecule has 2 atom stereocenters. The van der Waals surface area contributed by atoms with E-state index in [0.717, 1.165) is 41.2 Å². The normalized spacial score (nSPS) is 15.4. The van der Waals surface area contributed by atoms with Crippen molar-refractivity contribution in [2.45, 2.75) is 45.7 Å². The number of benzene rings is 3. The van der Waals surface area contributed by atoms with E-state index in [0.29, 0.717) is 23.8 Å². The first-order valence-electron chi connectivity index (χ1n) is 13.1. The number of nitrogens with one attached hydrogen (secondary N) is 1. The maximum atomic E-state index is 13.3. The first-order chi connectivity index (χ1) is 18.8. The van der Waals surface area contributed by atoms with Crippen LogP contribution in [0.3, 0.4) is 0 Å². The van der Waals surface area contributed by atoms with Gasteiger partial charge in [0.25, 0.3) is 0 Å². The predicted octanol–water partition coefficient (Wildman–Crippen LogP) is 5.58. The topological polar surface area (TPSA) is 93.4 Å². The van der Waals surface area contributed by atoms with E-state index in [1.165, 1.54) is 17.7 Å². The quantitative estimate of drug-likeness (QED) is 0.240. The molecular formula is C31H32FN5O2. The van der Waals surface area contributed by atoms with Gasteiger partial charge in [-0.25, -0.2) is 14.2 Å². The number of nitrogens with zero attached hydrogens (tertiary/aromatic N) is 3. The molecule has 0 amide bonds. The SMILES string of the molecule is Cc1nc(Nc2ccc(F)cc2)nc(N2CCc3ccc(OC(=O)C(N)Cc4ccccc4)cc3C2C)c1C. The molecule has 8 heteroatoms. The molecule has 3 N–H and O–H groups in total. The highest BCUT2D eigenvalue weighted by molar-refractivity contribution is 5.78. The Labute approximate surface area is 227 Å². The first-order valence-corrected chi connectivity index (χ1v) is 13.1. The lowest BCUT2D eigenvalue weighted by molar-refractivity contribution is -0.135. The van der Waals surface area contributed by atoms with Crippen LogP contribution >= 0.6 is 0 Å². The summed E-state index contributed by atoms with van der Waals surface area (Å²) in [6.45, 7) is 6.87. The van der Waals surface area contributed by atoms with Gasteiger partial charge in [-0.05, 0) is 86.7 Å². The van der Waals surface area contributed by atoms with Crippen molar-refractivity contribution < 1.29 is 13.9 Å². The zero-order chi connectivity index (χ0) is 27.5. The van der Waals surface area contributed by atoms with Crippen molar-refractivity contribution in [3.63, 3.8) is 0 Å². The van der Waals surface area contributed by atoms with Crippen LogP contribution in [0.2, 0.25) is 0 Å². The van der Waals surface area contributed by atoms with Crippen molar-refractivity contribution in [2.75, 3.05) is 16.8 Å². The largest absolute Gasteiger partial charge is 0.425 e. The maximum absolute atomic E-state index is 13.3. The summed E-state index contributed by atoms with van der Waals surface area (Å²) in [5.41, 5.74) is 12.0. The van der Waals surface area contributed by atoms with Gasteiger partial charge in [0.15, 0.2) is 0 Å². The van der Waals surface area contributed by atoms with Gasteiger partial charge in [0, 0.05) is 23.5 Å². The van der Waals surface area contributed by atoms with E-state index in [9.17, 15) is 9.18 Å². The third kappa shape index (κ3) is 5.91. The van der Waals surface area contributed by atoms with E-state index >= 15 is 0 Å². The minimum atomic E-state index is -0.754. The van der Waals surface area contributed by atoms with Gasteiger partial charge in [-0.3, -0.25) is 0 Å². The van der Waals surface area contributed by atoms with Crippen LogP contribution in [-0.4, -0.2) is 28.5 Å². The molecule has 0 saturated carbocycles. The predicted molar refractivity (Wildman–Crippen MR) is 151 cm³/mol. The molecule has 1 aliphatic rings. The number of ether oxygens (including phenoxy) is 1. The second kappa shape index (κ2) is 11.2. The van der Waals surface area contributed by atoms with Gasteiger partial charge in [0.05, 0.1) is 6.04 Å². The number of aromatic nitrogens is 2. The average molecular weight is 526 g/mol. The summed E-state index contributed by atoms with van der Waals surface area (Å²) in [5.74, 6) is 1.000. The molecule has 2 heterocycles. The third-order valence-corrected chi connectivity index (χ3v) is 7.21. The highest BCUT2D eigenvalue weighted by atomic mass is 19.1. The average Bonchev–Trinajstić information content (AvgIpc) is 2.93. The van der Waals surface area contributed by atoms with Crippen LogP contribution in [0.25, 0.3) is 0 Å². The molecule has 0 fully saturated rings. The van der Waals surface area contributed by atoms with E-state index in [4.69, 9.17) is 15.5 Å². The number of halogens is 1. The van der Waals surface area contributed by atoms with Crippen LogP contribution in [0.15, 0.2) is 72.8 Å². The fraction of sp³-hybridized carbons (Fsp3) is 0.258. The molecule has 0 aliphatic carbocycles. The molecule has 0 saturated heterocycles. The molecule has 200 valence electrons. The number of hydrogen-bond donors (Lipinski definition) is 2. The van der Waals surface area contributed by atoms with E-state index in [2.05, 4.69) is 22.1 Å². The molecule has 4 aromatic rings. The van der Waals surface area contributed by atoms with Crippen molar-refractivity contribution in [3.05, 3.63) is 107 Å². The van der Waals surface area contributed by atoms with E-state index in [1.807, 2.05) is 62.4 Å². The zero-order valence-electron chi connectivity index (χ0n) is 22.3. The summed E-state index contributed by atoms with van der Waals surface area (Å²) in [6.07, 6.45) is 1.24. The lowest BCUT2D eigenvalue weighted by Crippen LogP contribution is -2.37. The van der Waals surface area contributed by atoms with Crippen LogP contribution < -0.4 is 20.7 Å². The minimum absolute atomic E-state index is 0.0166. The lowest BCUT2D eigenvalue weighted by Gasteiger charge is -2.37. The summed E-state index contributed by atoms with van der Waals surface area (Å²) in [5, 5.41) is 3.19.